The highest BCUT2D eigenvalue weighted by Crippen LogP contribution is 2.21. The number of carbonyl (C=O) groups excluding carboxylic acids is 1. The van der Waals surface area contributed by atoms with Gasteiger partial charge in [-0.05, 0) is 71.5 Å². The van der Waals surface area contributed by atoms with Crippen molar-refractivity contribution in [1.82, 2.24) is 0 Å². The third-order valence-corrected chi connectivity index (χ3v) is 3.52. The molecule has 0 spiro atoms. The lowest BCUT2D eigenvalue weighted by Crippen LogP contribution is -2.13. The summed E-state index contributed by atoms with van der Waals surface area (Å²) in [5.41, 5.74) is 1.67. The maximum atomic E-state index is 13.0. The van der Waals surface area contributed by atoms with Crippen molar-refractivity contribution in [3.8, 4) is 5.75 Å². The van der Waals surface area contributed by atoms with Gasteiger partial charge in [0.25, 0.3) is 5.91 Å². The number of carbonyl (C=O) groups is 1. The van der Waals surface area contributed by atoms with E-state index in [0.717, 1.165) is 0 Å². The molecule has 2 rings (SSSR count). The molecule has 3 nitrogen and oxygen atoms in total. The molecule has 2 aromatic carbocycles. The summed E-state index contributed by atoms with van der Waals surface area (Å²) < 4.78 is 13.5. The molecule has 0 heterocycles. The molecule has 98 valence electrons. The highest BCUT2D eigenvalue weighted by atomic mass is 127. The number of phenolic OH excluding ortho intramolecular Hbond substituents is 1. The topological polar surface area (TPSA) is 49.3 Å². The number of hydrogen-bond donors (Lipinski definition) is 2. The molecule has 0 aliphatic carbocycles. The summed E-state index contributed by atoms with van der Waals surface area (Å²) in [6.45, 7) is 1.74. The molecule has 0 fully saturated rings. The van der Waals surface area contributed by atoms with Gasteiger partial charge in [0, 0.05) is 9.26 Å². The lowest BCUT2D eigenvalue weighted by Gasteiger charge is -2.08. The Morgan fingerprint density at radius 2 is 2.00 bits per heavy atom. The zero-order valence-corrected chi connectivity index (χ0v) is 12.2. The Labute approximate surface area is 123 Å². The number of benzene rings is 2. The molecule has 0 bridgehead atoms. The van der Waals surface area contributed by atoms with Crippen molar-refractivity contribution in [3.05, 3.63) is 56.9 Å². The molecule has 2 N–H and O–H groups in total. The molecule has 0 unspecified atom stereocenters. The second-order valence-electron chi connectivity index (χ2n) is 4.08. The molecular weight excluding hydrogens is 360 g/mol. The zero-order chi connectivity index (χ0) is 14.0. The van der Waals surface area contributed by atoms with Crippen LogP contribution in [0, 0.1) is 16.3 Å². The van der Waals surface area contributed by atoms with Crippen LogP contribution in [0.25, 0.3) is 0 Å². The number of aromatic hydroxyl groups is 1. The van der Waals surface area contributed by atoms with Crippen molar-refractivity contribution >= 4 is 34.2 Å². The molecule has 1 amide bonds. The van der Waals surface area contributed by atoms with Crippen LogP contribution in [0.4, 0.5) is 10.1 Å². The van der Waals surface area contributed by atoms with Gasteiger partial charge in [-0.3, -0.25) is 4.79 Å². The first-order chi connectivity index (χ1) is 8.97. The van der Waals surface area contributed by atoms with E-state index in [2.05, 4.69) is 5.32 Å². The van der Waals surface area contributed by atoms with Gasteiger partial charge < -0.3 is 10.4 Å². The van der Waals surface area contributed by atoms with E-state index in [0.29, 0.717) is 20.4 Å². The van der Waals surface area contributed by atoms with Crippen LogP contribution in [-0.2, 0) is 0 Å². The van der Waals surface area contributed by atoms with E-state index < -0.39 is 0 Å². The zero-order valence-electron chi connectivity index (χ0n) is 10.1. The Kier molecular flexibility index (Phi) is 4.04. The lowest BCUT2D eigenvalue weighted by atomic mass is 10.1. The largest absolute Gasteiger partial charge is 0.508 e. The van der Waals surface area contributed by atoms with Crippen molar-refractivity contribution < 1.29 is 14.3 Å². The van der Waals surface area contributed by atoms with Crippen LogP contribution < -0.4 is 5.32 Å². The van der Waals surface area contributed by atoms with Gasteiger partial charge in [0.15, 0.2) is 0 Å². The summed E-state index contributed by atoms with van der Waals surface area (Å²) in [7, 11) is 0. The average Bonchev–Trinajstić information content (AvgIpc) is 2.33. The molecule has 0 radical (unpaired) electrons. The number of anilines is 1. The number of hydrogen-bond acceptors (Lipinski definition) is 2. The number of halogens is 2. The van der Waals surface area contributed by atoms with Crippen molar-refractivity contribution in [1.29, 1.82) is 0 Å². The van der Waals surface area contributed by atoms with Crippen LogP contribution in [0.1, 0.15) is 15.9 Å². The van der Waals surface area contributed by atoms with Crippen molar-refractivity contribution in [3.63, 3.8) is 0 Å². The fraction of sp³-hybridized carbons (Fsp3) is 0.0714. The SMILES string of the molecule is Cc1cc(NC(=O)c2ccc(F)cc2I)ccc1O. The predicted molar refractivity (Wildman–Crippen MR) is 79.9 cm³/mol. The minimum absolute atomic E-state index is 0.175. The molecule has 0 atom stereocenters. The van der Waals surface area contributed by atoms with Crippen molar-refractivity contribution in [2.45, 2.75) is 6.92 Å². The average molecular weight is 371 g/mol. The second-order valence-corrected chi connectivity index (χ2v) is 5.24. The number of nitrogens with one attached hydrogen (secondary N) is 1. The highest BCUT2D eigenvalue weighted by Gasteiger charge is 2.11. The molecule has 19 heavy (non-hydrogen) atoms. The second kappa shape index (κ2) is 5.56. The molecule has 2 aromatic rings. The van der Waals surface area contributed by atoms with E-state index in [1.807, 2.05) is 22.6 Å². The highest BCUT2D eigenvalue weighted by molar-refractivity contribution is 14.1. The van der Waals surface area contributed by atoms with Gasteiger partial charge in [-0.25, -0.2) is 4.39 Å². The van der Waals surface area contributed by atoms with Gasteiger partial charge in [-0.15, -0.1) is 0 Å². The minimum Gasteiger partial charge on any atom is -0.508 e. The van der Waals surface area contributed by atoms with E-state index in [-0.39, 0.29) is 17.5 Å². The third kappa shape index (κ3) is 3.23. The Morgan fingerprint density at radius 1 is 1.26 bits per heavy atom. The molecule has 0 saturated heterocycles. The summed E-state index contributed by atoms with van der Waals surface area (Å²) in [4.78, 5) is 12.0. The molecule has 0 aliphatic rings. The van der Waals surface area contributed by atoms with Gasteiger partial charge in [-0.2, -0.15) is 0 Å². The minimum atomic E-state index is -0.374. The molecule has 0 aliphatic heterocycles. The van der Waals surface area contributed by atoms with E-state index in [1.165, 1.54) is 24.3 Å². The first-order valence-corrected chi connectivity index (χ1v) is 6.61. The first kappa shape index (κ1) is 13.8. The Hall–Kier alpha value is -1.63. The van der Waals surface area contributed by atoms with Crippen LogP contribution in [0.15, 0.2) is 36.4 Å². The third-order valence-electron chi connectivity index (χ3n) is 2.63. The Morgan fingerprint density at radius 3 is 2.63 bits per heavy atom. The number of rotatable bonds is 2. The summed E-state index contributed by atoms with van der Waals surface area (Å²) >= 11 is 1.92. The van der Waals surface area contributed by atoms with Gasteiger partial charge in [0.2, 0.25) is 0 Å². The smallest absolute Gasteiger partial charge is 0.256 e. The number of amides is 1. The van der Waals surface area contributed by atoms with Crippen molar-refractivity contribution in [2.24, 2.45) is 0 Å². The molecule has 0 saturated carbocycles. The summed E-state index contributed by atoms with van der Waals surface area (Å²) in [6, 6.07) is 8.79. The van der Waals surface area contributed by atoms with Gasteiger partial charge in [0.1, 0.15) is 11.6 Å². The van der Waals surface area contributed by atoms with E-state index in [9.17, 15) is 14.3 Å². The molecular formula is C14H11FINO2. The quantitative estimate of drug-likeness (QED) is 0.625. The van der Waals surface area contributed by atoms with Crippen LogP contribution in [0.2, 0.25) is 0 Å². The van der Waals surface area contributed by atoms with E-state index in [4.69, 9.17) is 0 Å². The van der Waals surface area contributed by atoms with E-state index >= 15 is 0 Å². The Bertz CT molecular complexity index is 643. The first-order valence-electron chi connectivity index (χ1n) is 5.53. The van der Waals surface area contributed by atoms with E-state index in [1.54, 1.807) is 19.1 Å². The van der Waals surface area contributed by atoms with Crippen molar-refractivity contribution in [2.75, 3.05) is 5.32 Å². The van der Waals surface area contributed by atoms with Crippen LogP contribution in [0.5, 0.6) is 5.75 Å². The standard InChI is InChI=1S/C14H11FINO2/c1-8-6-10(3-5-13(8)18)17-14(19)11-4-2-9(15)7-12(11)16/h2-7,18H,1H3,(H,17,19). The van der Waals surface area contributed by atoms with Gasteiger partial charge in [-0.1, -0.05) is 0 Å². The fourth-order valence-electron chi connectivity index (χ4n) is 1.61. The maximum absolute atomic E-state index is 13.0. The molecule has 5 heteroatoms. The summed E-state index contributed by atoms with van der Waals surface area (Å²) in [5.74, 6) is -0.509. The maximum Gasteiger partial charge on any atom is 0.256 e. The fourth-order valence-corrected chi connectivity index (χ4v) is 2.33. The number of phenols is 1. The van der Waals surface area contributed by atoms with Crippen LogP contribution in [-0.4, -0.2) is 11.0 Å². The summed E-state index contributed by atoms with van der Waals surface area (Å²) in [5, 5.41) is 12.1. The predicted octanol–water partition coefficient (Wildman–Crippen LogP) is 3.70. The van der Waals surface area contributed by atoms with Crippen LogP contribution in [0.3, 0.4) is 0 Å². The Balaban J connectivity index is 2.23. The van der Waals surface area contributed by atoms with Gasteiger partial charge >= 0.3 is 0 Å². The number of aryl methyl sites for hydroxylation is 1. The molecule has 0 aromatic heterocycles. The van der Waals surface area contributed by atoms with Crippen LogP contribution >= 0.6 is 22.6 Å². The monoisotopic (exact) mass is 371 g/mol. The normalized spacial score (nSPS) is 10.3. The summed E-state index contributed by atoms with van der Waals surface area (Å²) in [6.07, 6.45) is 0. The van der Waals surface area contributed by atoms with Gasteiger partial charge in [0.05, 0.1) is 5.56 Å². The lowest BCUT2D eigenvalue weighted by molar-refractivity contribution is 0.102.